The average Bonchev–Trinajstić information content (AvgIpc) is 3.00. The SMILES string of the molecule is O=C(O)C(=O)O.c1coc(C23CCCN(CC2)C3)n1. The van der Waals surface area contributed by atoms with Crippen LogP contribution in [-0.4, -0.2) is 51.7 Å². The maximum absolute atomic E-state index is 9.10. The second kappa shape index (κ2) is 5.40. The lowest BCUT2D eigenvalue weighted by atomic mass is 9.81. The van der Waals surface area contributed by atoms with Gasteiger partial charge in [-0.05, 0) is 32.4 Å². The van der Waals surface area contributed by atoms with Gasteiger partial charge in [-0.1, -0.05) is 0 Å². The van der Waals surface area contributed by atoms with Crippen LogP contribution in [0.25, 0.3) is 0 Å². The number of carbonyl (C=O) groups is 2. The molecule has 0 saturated carbocycles. The van der Waals surface area contributed by atoms with E-state index < -0.39 is 11.9 Å². The van der Waals surface area contributed by atoms with Crippen molar-refractivity contribution in [1.29, 1.82) is 0 Å². The van der Waals surface area contributed by atoms with E-state index in [4.69, 9.17) is 24.2 Å². The highest BCUT2D eigenvalue weighted by Crippen LogP contribution is 2.40. The predicted molar refractivity (Wildman–Crippen MR) is 63.7 cm³/mol. The standard InChI is InChI=1S/C10H14N2O.C2H2O4/c1-2-10(9-11-4-7-13-9)3-6-12(5-1)8-10;3-1(4)2(5)6/h4,7H,1-3,5-6,8H2;(H,3,4)(H,5,6). The molecule has 2 aliphatic heterocycles. The van der Waals surface area contributed by atoms with E-state index in [-0.39, 0.29) is 5.41 Å². The molecule has 7 nitrogen and oxygen atoms in total. The molecule has 2 unspecified atom stereocenters. The Morgan fingerprint density at radius 2 is 2.00 bits per heavy atom. The molecule has 0 amide bonds. The summed E-state index contributed by atoms with van der Waals surface area (Å²) in [5.74, 6) is -2.68. The van der Waals surface area contributed by atoms with Crippen LogP contribution in [0.1, 0.15) is 25.2 Å². The Morgan fingerprint density at radius 3 is 2.58 bits per heavy atom. The molecule has 2 fully saturated rings. The van der Waals surface area contributed by atoms with Crippen molar-refractivity contribution in [3.05, 3.63) is 18.4 Å². The topological polar surface area (TPSA) is 104 Å². The number of carboxylic acids is 2. The molecule has 104 valence electrons. The van der Waals surface area contributed by atoms with Crippen molar-refractivity contribution in [2.24, 2.45) is 0 Å². The number of nitrogens with zero attached hydrogens (tertiary/aromatic N) is 2. The lowest BCUT2D eigenvalue weighted by molar-refractivity contribution is -0.159. The minimum atomic E-state index is -1.82. The first kappa shape index (κ1) is 13.5. The smallest absolute Gasteiger partial charge is 0.414 e. The molecule has 1 aromatic heterocycles. The van der Waals surface area contributed by atoms with E-state index in [1.807, 2.05) is 0 Å². The van der Waals surface area contributed by atoms with Gasteiger partial charge in [-0.3, -0.25) is 0 Å². The molecule has 3 rings (SSSR count). The van der Waals surface area contributed by atoms with Gasteiger partial charge in [-0.2, -0.15) is 0 Å². The van der Waals surface area contributed by atoms with Gasteiger partial charge >= 0.3 is 11.9 Å². The van der Waals surface area contributed by atoms with Gasteiger partial charge in [0.25, 0.3) is 0 Å². The fraction of sp³-hybridized carbons (Fsp3) is 0.583. The molecule has 3 heterocycles. The third-order valence-electron chi connectivity index (χ3n) is 3.63. The Bertz CT molecular complexity index is 443. The molecule has 2 atom stereocenters. The normalized spacial score (nSPS) is 28.3. The van der Waals surface area contributed by atoms with E-state index in [0.717, 1.165) is 12.4 Å². The van der Waals surface area contributed by atoms with Crippen molar-refractivity contribution in [3.8, 4) is 0 Å². The quantitative estimate of drug-likeness (QED) is 0.717. The molecule has 0 spiro atoms. The van der Waals surface area contributed by atoms with E-state index in [1.165, 1.54) is 32.4 Å². The van der Waals surface area contributed by atoms with Gasteiger partial charge in [-0.25, -0.2) is 14.6 Å². The van der Waals surface area contributed by atoms with Crippen LogP contribution in [0.15, 0.2) is 16.9 Å². The molecule has 0 radical (unpaired) electrons. The van der Waals surface area contributed by atoms with E-state index >= 15 is 0 Å². The van der Waals surface area contributed by atoms with Crippen LogP contribution in [0, 0.1) is 0 Å². The van der Waals surface area contributed by atoms with E-state index in [0.29, 0.717) is 0 Å². The molecule has 0 aromatic carbocycles. The van der Waals surface area contributed by atoms with Gasteiger partial charge in [0.15, 0.2) is 0 Å². The number of oxazole rings is 1. The van der Waals surface area contributed by atoms with Crippen molar-refractivity contribution in [2.45, 2.75) is 24.7 Å². The van der Waals surface area contributed by atoms with Crippen molar-refractivity contribution >= 4 is 11.9 Å². The predicted octanol–water partition coefficient (Wildman–Crippen LogP) is 0.567. The van der Waals surface area contributed by atoms with Gasteiger partial charge < -0.3 is 19.5 Å². The van der Waals surface area contributed by atoms with Crippen LogP contribution in [0.3, 0.4) is 0 Å². The third kappa shape index (κ3) is 2.93. The van der Waals surface area contributed by atoms with Crippen molar-refractivity contribution in [2.75, 3.05) is 19.6 Å². The van der Waals surface area contributed by atoms with Crippen molar-refractivity contribution in [3.63, 3.8) is 0 Å². The van der Waals surface area contributed by atoms with Crippen molar-refractivity contribution < 1.29 is 24.2 Å². The van der Waals surface area contributed by atoms with E-state index in [2.05, 4.69) is 9.88 Å². The lowest BCUT2D eigenvalue weighted by Gasteiger charge is -2.30. The molecular weight excluding hydrogens is 252 g/mol. The monoisotopic (exact) mass is 268 g/mol. The summed E-state index contributed by atoms with van der Waals surface area (Å²) in [6, 6.07) is 0. The molecular formula is C12H16N2O5. The molecule has 1 aromatic rings. The Hall–Kier alpha value is -1.89. The summed E-state index contributed by atoms with van der Waals surface area (Å²) in [5, 5.41) is 14.8. The second-order valence-electron chi connectivity index (χ2n) is 4.86. The number of carboxylic acid groups (broad SMARTS) is 2. The molecule has 2 bridgehead atoms. The highest BCUT2D eigenvalue weighted by Gasteiger charge is 2.45. The minimum Gasteiger partial charge on any atom is -0.473 e. The van der Waals surface area contributed by atoms with Gasteiger partial charge in [0.2, 0.25) is 5.89 Å². The fourth-order valence-electron chi connectivity index (χ4n) is 2.76. The first-order chi connectivity index (χ1) is 9.03. The summed E-state index contributed by atoms with van der Waals surface area (Å²) in [4.78, 5) is 25.0. The number of hydrogen-bond donors (Lipinski definition) is 2. The van der Waals surface area contributed by atoms with Crippen molar-refractivity contribution in [1.82, 2.24) is 9.88 Å². The van der Waals surface area contributed by atoms with E-state index in [1.54, 1.807) is 12.5 Å². The third-order valence-corrected chi connectivity index (χ3v) is 3.63. The first-order valence-electron chi connectivity index (χ1n) is 6.12. The van der Waals surface area contributed by atoms with Crippen LogP contribution in [0.2, 0.25) is 0 Å². The van der Waals surface area contributed by atoms with Gasteiger partial charge in [0.1, 0.15) is 6.26 Å². The van der Waals surface area contributed by atoms with Crippen LogP contribution in [0.4, 0.5) is 0 Å². The van der Waals surface area contributed by atoms with Gasteiger partial charge in [-0.15, -0.1) is 0 Å². The highest BCUT2D eigenvalue weighted by molar-refractivity contribution is 6.27. The first-order valence-corrected chi connectivity index (χ1v) is 6.12. The molecule has 2 aliphatic rings. The maximum Gasteiger partial charge on any atom is 0.414 e. The summed E-state index contributed by atoms with van der Waals surface area (Å²) in [7, 11) is 0. The van der Waals surface area contributed by atoms with Crippen LogP contribution < -0.4 is 0 Å². The zero-order valence-electron chi connectivity index (χ0n) is 10.4. The molecule has 0 aliphatic carbocycles. The highest BCUT2D eigenvalue weighted by atomic mass is 16.4. The lowest BCUT2D eigenvalue weighted by Crippen LogP contribution is -2.36. The molecule has 2 N–H and O–H groups in total. The van der Waals surface area contributed by atoms with Crippen LogP contribution in [0.5, 0.6) is 0 Å². The number of aliphatic carboxylic acids is 2. The van der Waals surface area contributed by atoms with Crippen LogP contribution in [-0.2, 0) is 15.0 Å². The molecule has 2 saturated heterocycles. The summed E-state index contributed by atoms with van der Waals surface area (Å²) >= 11 is 0. The summed E-state index contributed by atoms with van der Waals surface area (Å²) in [5.41, 5.74) is 0.266. The fourth-order valence-corrected chi connectivity index (χ4v) is 2.76. The maximum atomic E-state index is 9.10. The zero-order chi connectivity index (χ0) is 13.9. The summed E-state index contributed by atoms with van der Waals surface area (Å²) < 4.78 is 5.46. The van der Waals surface area contributed by atoms with Gasteiger partial charge in [0.05, 0.1) is 11.6 Å². The number of aromatic nitrogens is 1. The van der Waals surface area contributed by atoms with Gasteiger partial charge in [0, 0.05) is 6.54 Å². The molecule has 7 heteroatoms. The summed E-state index contributed by atoms with van der Waals surface area (Å²) in [6.45, 7) is 3.65. The van der Waals surface area contributed by atoms with E-state index in [9.17, 15) is 0 Å². The number of fused-ring (bicyclic) bond motifs is 2. The summed E-state index contributed by atoms with van der Waals surface area (Å²) in [6.07, 6.45) is 7.24. The number of hydrogen-bond acceptors (Lipinski definition) is 5. The Balaban J connectivity index is 0.000000192. The average molecular weight is 268 g/mol. The zero-order valence-corrected chi connectivity index (χ0v) is 10.4. The second-order valence-corrected chi connectivity index (χ2v) is 4.86. The van der Waals surface area contributed by atoms with Crippen LogP contribution >= 0.6 is 0 Å². The number of rotatable bonds is 1. The Morgan fingerprint density at radius 1 is 1.26 bits per heavy atom. The minimum absolute atomic E-state index is 0.266. The Labute approximate surface area is 109 Å². The molecule has 19 heavy (non-hydrogen) atoms. The Kier molecular flexibility index (Phi) is 3.84. The number of piperidine rings is 1. The largest absolute Gasteiger partial charge is 0.473 e.